The van der Waals surface area contributed by atoms with Crippen LogP contribution in [0.3, 0.4) is 0 Å². The molecule has 1 N–H and O–H groups in total. The van der Waals surface area contributed by atoms with Gasteiger partial charge in [-0.1, -0.05) is 0 Å². The quantitative estimate of drug-likeness (QED) is 0.796. The van der Waals surface area contributed by atoms with E-state index in [1.807, 2.05) is 26.0 Å². The Labute approximate surface area is 93.8 Å². The monoisotopic (exact) mass is 215 g/mol. The molecule has 2 aromatic heterocycles. The first-order valence-corrected chi connectivity index (χ1v) is 5.06. The van der Waals surface area contributed by atoms with Crippen LogP contribution in [0, 0.1) is 0 Å². The number of pyridine rings is 1. The van der Waals surface area contributed by atoms with Crippen LogP contribution >= 0.6 is 0 Å². The van der Waals surface area contributed by atoms with Crippen LogP contribution in [0.4, 0.5) is 0 Å². The zero-order chi connectivity index (χ0) is 11.6. The molecule has 2 heterocycles. The van der Waals surface area contributed by atoms with Gasteiger partial charge >= 0.3 is 0 Å². The average molecular weight is 215 g/mol. The molecule has 0 fully saturated rings. The summed E-state index contributed by atoms with van der Waals surface area (Å²) >= 11 is 0. The number of aldehydes is 1. The van der Waals surface area contributed by atoms with Gasteiger partial charge in [-0.25, -0.2) is 4.98 Å². The molecule has 2 rings (SSSR count). The molecule has 0 spiro atoms. The zero-order valence-corrected chi connectivity index (χ0v) is 9.27. The van der Waals surface area contributed by atoms with Crippen LogP contribution in [-0.4, -0.2) is 21.2 Å². The normalized spacial score (nSPS) is 11.4. The third-order valence-corrected chi connectivity index (χ3v) is 2.44. The fourth-order valence-electron chi connectivity index (χ4n) is 1.37. The van der Waals surface area contributed by atoms with Gasteiger partial charge in [-0.2, -0.15) is 0 Å². The maximum Gasteiger partial charge on any atom is 0.133 e. The van der Waals surface area contributed by atoms with E-state index in [1.165, 1.54) is 0 Å². The first-order valence-electron chi connectivity index (χ1n) is 5.06. The summed E-state index contributed by atoms with van der Waals surface area (Å²) in [7, 11) is 0. The van der Waals surface area contributed by atoms with E-state index in [4.69, 9.17) is 0 Å². The number of carbonyl (C=O) groups is 1. The molecular formula is C12H13N3O. The molecule has 0 unspecified atom stereocenters. The van der Waals surface area contributed by atoms with Gasteiger partial charge in [0.2, 0.25) is 0 Å². The highest BCUT2D eigenvalue weighted by molar-refractivity contribution is 5.66. The van der Waals surface area contributed by atoms with Crippen LogP contribution in [-0.2, 0) is 10.2 Å². The summed E-state index contributed by atoms with van der Waals surface area (Å²) in [5.74, 6) is 0.668. The molecule has 0 bridgehead atoms. The summed E-state index contributed by atoms with van der Waals surface area (Å²) < 4.78 is 0. The van der Waals surface area contributed by atoms with Crippen LogP contribution in [0.15, 0.2) is 30.7 Å². The lowest BCUT2D eigenvalue weighted by atomic mass is 9.95. The lowest BCUT2D eigenvalue weighted by molar-refractivity contribution is -0.111. The number of nitrogens with one attached hydrogen (secondary N) is 1. The number of nitrogens with zero attached hydrogens (tertiary/aromatic N) is 2. The van der Waals surface area contributed by atoms with Gasteiger partial charge in [0.05, 0.1) is 11.1 Å². The summed E-state index contributed by atoms with van der Waals surface area (Å²) in [4.78, 5) is 22.4. The fourth-order valence-corrected chi connectivity index (χ4v) is 1.37. The molecule has 0 aliphatic rings. The molecule has 0 amide bonds. The van der Waals surface area contributed by atoms with Crippen molar-refractivity contribution in [3.05, 3.63) is 36.5 Å². The van der Waals surface area contributed by atoms with E-state index in [-0.39, 0.29) is 0 Å². The maximum absolute atomic E-state index is 10.9. The number of hydrogen-bond acceptors (Lipinski definition) is 3. The van der Waals surface area contributed by atoms with Gasteiger partial charge < -0.3 is 9.78 Å². The second-order valence-corrected chi connectivity index (χ2v) is 4.22. The number of rotatable bonds is 3. The van der Waals surface area contributed by atoms with Crippen LogP contribution in [0.2, 0.25) is 0 Å². The van der Waals surface area contributed by atoms with Crippen molar-refractivity contribution in [2.45, 2.75) is 19.3 Å². The molecule has 4 heteroatoms. The summed E-state index contributed by atoms with van der Waals surface area (Å²) in [6.07, 6.45) is 6.14. The highest BCUT2D eigenvalue weighted by Gasteiger charge is 2.23. The van der Waals surface area contributed by atoms with Crippen LogP contribution in [0.5, 0.6) is 0 Å². The van der Waals surface area contributed by atoms with E-state index in [1.54, 1.807) is 18.6 Å². The van der Waals surface area contributed by atoms with Gasteiger partial charge in [-0.15, -0.1) is 0 Å². The first-order chi connectivity index (χ1) is 7.63. The molecule has 0 aliphatic carbocycles. The SMILES string of the molecule is CC(C)(C=O)c1nc(-c2cccnc2)c[nH]1. The molecule has 0 radical (unpaired) electrons. The summed E-state index contributed by atoms with van der Waals surface area (Å²) in [5, 5.41) is 0. The molecule has 0 saturated carbocycles. The smallest absolute Gasteiger partial charge is 0.133 e. The van der Waals surface area contributed by atoms with Crippen molar-refractivity contribution >= 4 is 6.29 Å². The van der Waals surface area contributed by atoms with Crippen molar-refractivity contribution in [3.8, 4) is 11.3 Å². The van der Waals surface area contributed by atoms with Crippen molar-refractivity contribution in [2.75, 3.05) is 0 Å². The average Bonchev–Trinajstić information content (AvgIpc) is 2.80. The van der Waals surface area contributed by atoms with Crippen LogP contribution < -0.4 is 0 Å². The molecule has 0 saturated heterocycles. The van der Waals surface area contributed by atoms with Crippen molar-refractivity contribution < 1.29 is 4.79 Å². The van der Waals surface area contributed by atoms with E-state index >= 15 is 0 Å². The summed E-state index contributed by atoms with van der Waals surface area (Å²) in [6, 6.07) is 3.79. The first kappa shape index (κ1) is 10.5. The Bertz CT molecular complexity index is 488. The lowest BCUT2D eigenvalue weighted by Gasteiger charge is -2.12. The fraction of sp³-hybridized carbons (Fsp3) is 0.250. The van der Waals surface area contributed by atoms with Gasteiger partial charge in [0.1, 0.15) is 12.1 Å². The molecule has 2 aromatic rings. The minimum atomic E-state index is -0.583. The summed E-state index contributed by atoms with van der Waals surface area (Å²) in [5.41, 5.74) is 1.16. The van der Waals surface area contributed by atoms with E-state index in [2.05, 4.69) is 15.0 Å². The second kappa shape index (κ2) is 3.89. The largest absolute Gasteiger partial charge is 0.347 e. The topological polar surface area (TPSA) is 58.6 Å². The molecule has 0 atom stereocenters. The van der Waals surface area contributed by atoms with Crippen molar-refractivity contribution in [1.29, 1.82) is 0 Å². The Morgan fingerprint density at radius 2 is 2.25 bits per heavy atom. The number of carbonyl (C=O) groups excluding carboxylic acids is 1. The Morgan fingerprint density at radius 3 is 2.88 bits per heavy atom. The van der Waals surface area contributed by atoms with Crippen LogP contribution in [0.25, 0.3) is 11.3 Å². The third-order valence-electron chi connectivity index (χ3n) is 2.44. The van der Waals surface area contributed by atoms with Crippen molar-refractivity contribution in [3.63, 3.8) is 0 Å². The van der Waals surface area contributed by atoms with E-state index in [0.717, 1.165) is 17.5 Å². The molecule has 82 valence electrons. The number of aromatic nitrogens is 3. The minimum absolute atomic E-state index is 0.583. The minimum Gasteiger partial charge on any atom is -0.347 e. The van der Waals surface area contributed by atoms with Gasteiger partial charge in [-0.3, -0.25) is 4.98 Å². The Morgan fingerprint density at radius 1 is 1.44 bits per heavy atom. The predicted molar refractivity (Wildman–Crippen MR) is 60.9 cm³/mol. The highest BCUT2D eigenvalue weighted by atomic mass is 16.1. The molecule has 0 aliphatic heterocycles. The van der Waals surface area contributed by atoms with Crippen molar-refractivity contribution in [1.82, 2.24) is 15.0 Å². The van der Waals surface area contributed by atoms with Gasteiger partial charge in [-0.05, 0) is 26.0 Å². The third kappa shape index (κ3) is 1.86. The number of imidazole rings is 1. The number of aromatic amines is 1. The van der Waals surface area contributed by atoms with Crippen LogP contribution in [0.1, 0.15) is 19.7 Å². The Balaban J connectivity index is 2.37. The lowest BCUT2D eigenvalue weighted by Crippen LogP contribution is -2.20. The van der Waals surface area contributed by atoms with Gasteiger partial charge in [0, 0.05) is 24.2 Å². The second-order valence-electron chi connectivity index (χ2n) is 4.22. The van der Waals surface area contributed by atoms with E-state index < -0.39 is 5.41 Å². The Kier molecular flexibility index (Phi) is 2.56. The maximum atomic E-state index is 10.9. The number of hydrogen-bond donors (Lipinski definition) is 1. The molecular weight excluding hydrogens is 202 g/mol. The molecule has 4 nitrogen and oxygen atoms in total. The zero-order valence-electron chi connectivity index (χ0n) is 9.27. The Hall–Kier alpha value is -1.97. The predicted octanol–water partition coefficient (Wildman–Crippen LogP) is 1.95. The van der Waals surface area contributed by atoms with E-state index in [0.29, 0.717) is 5.82 Å². The standard InChI is InChI=1S/C12H13N3O/c1-12(2,8-16)11-14-7-10(15-11)9-4-3-5-13-6-9/h3-8H,1-2H3,(H,14,15). The van der Waals surface area contributed by atoms with Gasteiger partial charge in [0.25, 0.3) is 0 Å². The highest BCUT2D eigenvalue weighted by Crippen LogP contribution is 2.21. The molecule has 0 aromatic carbocycles. The van der Waals surface area contributed by atoms with E-state index in [9.17, 15) is 4.79 Å². The molecule has 16 heavy (non-hydrogen) atoms. The van der Waals surface area contributed by atoms with Gasteiger partial charge in [0.15, 0.2) is 0 Å². The van der Waals surface area contributed by atoms with Crippen molar-refractivity contribution in [2.24, 2.45) is 0 Å². The summed E-state index contributed by atoms with van der Waals surface area (Å²) in [6.45, 7) is 3.65. The number of H-pyrrole nitrogens is 1.